The quantitative estimate of drug-likeness (QED) is 0.860. The molecule has 0 aromatic carbocycles. The minimum atomic E-state index is -4.20. The fourth-order valence-corrected chi connectivity index (χ4v) is 2.29. The van der Waals surface area contributed by atoms with E-state index < -0.39 is 18.0 Å². The van der Waals surface area contributed by atoms with Crippen molar-refractivity contribution in [2.45, 2.75) is 31.9 Å². The van der Waals surface area contributed by atoms with Gasteiger partial charge in [-0.05, 0) is 19.3 Å². The molecule has 1 fully saturated rings. The molecule has 0 aliphatic heterocycles. The second-order valence-electron chi connectivity index (χ2n) is 4.56. The summed E-state index contributed by atoms with van der Waals surface area (Å²) >= 11 is 0. The summed E-state index contributed by atoms with van der Waals surface area (Å²) in [4.78, 5) is 11.8. The molecule has 2 N–H and O–H groups in total. The summed E-state index contributed by atoms with van der Waals surface area (Å²) < 4.78 is 37.8. The molecular weight excluding hydrogens is 247 g/mol. The summed E-state index contributed by atoms with van der Waals surface area (Å²) in [5.74, 6) is -1.89. The average Bonchev–Trinajstić information content (AvgIpc) is 2.81. The van der Waals surface area contributed by atoms with Gasteiger partial charge in [0, 0.05) is 12.0 Å². The normalized spacial score (nSPS) is 24.8. The maximum Gasteiger partial charge on any atom is 0.391 e. The van der Waals surface area contributed by atoms with Crippen molar-refractivity contribution in [1.29, 1.82) is 0 Å². The van der Waals surface area contributed by atoms with Crippen LogP contribution in [0, 0.1) is 11.8 Å². The number of carbonyl (C=O) groups excluding carboxylic acids is 1. The van der Waals surface area contributed by atoms with Gasteiger partial charge in [-0.25, -0.2) is 0 Å². The zero-order chi connectivity index (χ0) is 13.2. The van der Waals surface area contributed by atoms with Crippen LogP contribution in [0.15, 0.2) is 12.3 Å². The third kappa shape index (κ3) is 3.02. The Kier molecular flexibility index (Phi) is 3.58. The monoisotopic (exact) mass is 261 g/mol. The highest BCUT2D eigenvalue weighted by Gasteiger charge is 2.43. The number of hydrogen-bond donors (Lipinski definition) is 2. The Morgan fingerprint density at radius 3 is 2.83 bits per heavy atom. The number of nitrogens with one attached hydrogen (secondary N) is 2. The van der Waals surface area contributed by atoms with Crippen molar-refractivity contribution in [2.24, 2.45) is 11.8 Å². The first kappa shape index (κ1) is 12.9. The van der Waals surface area contributed by atoms with Gasteiger partial charge in [-0.15, -0.1) is 0 Å². The fraction of sp³-hybridized carbons (Fsp3) is 0.636. The lowest BCUT2D eigenvalue weighted by Gasteiger charge is -2.29. The van der Waals surface area contributed by atoms with Crippen LogP contribution >= 0.6 is 0 Å². The summed E-state index contributed by atoms with van der Waals surface area (Å²) in [6, 6.07) is 1.56. The average molecular weight is 261 g/mol. The van der Waals surface area contributed by atoms with Gasteiger partial charge >= 0.3 is 6.18 Å². The highest BCUT2D eigenvalue weighted by atomic mass is 19.4. The molecular formula is C11H14F3N3O. The molecule has 2 unspecified atom stereocenters. The number of anilines is 1. The molecule has 7 heteroatoms. The largest absolute Gasteiger partial charge is 0.391 e. The van der Waals surface area contributed by atoms with Gasteiger partial charge < -0.3 is 5.32 Å². The van der Waals surface area contributed by atoms with E-state index in [9.17, 15) is 18.0 Å². The lowest BCUT2D eigenvalue weighted by Crippen LogP contribution is -2.34. The van der Waals surface area contributed by atoms with E-state index >= 15 is 0 Å². The van der Waals surface area contributed by atoms with Crippen molar-refractivity contribution in [3.05, 3.63) is 12.3 Å². The van der Waals surface area contributed by atoms with E-state index in [0.717, 1.165) is 0 Å². The minimum Gasteiger partial charge on any atom is -0.311 e. The Labute approximate surface area is 102 Å². The number of carbonyl (C=O) groups is 1. The lowest BCUT2D eigenvalue weighted by atomic mass is 9.80. The SMILES string of the molecule is O=C(Nc1ccn[nH]1)C1CCCC(C(F)(F)F)C1. The first-order valence-corrected chi connectivity index (χ1v) is 5.84. The van der Waals surface area contributed by atoms with E-state index in [4.69, 9.17) is 0 Å². The van der Waals surface area contributed by atoms with E-state index in [-0.39, 0.29) is 18.7 Å². The van der Waals surface area contributed by atoms with Gasteiger partial charge in [0.2, 0.25) is 5.91 Å². The molecule has 2 atom stereocenters. The molecule has 0 bridgehead atoms. The number of aromatic amines is 1. The van der Waals surface area contributed by atoms with Crippen molar-refractivity contribution in [3.8, 4) is 0 Å². The van der Waals surface area contributed by atoms with Crippen molar-refractivity contribution in [2.75, 3.05) is 5.32 Å². The first-order valence-electron chi connectivity index (χ1n) is 5.84. The molecule has 1 aliphatic carbocycles. The lowest BCUT2D eigenvalue weighted by molar-refractivity contribution is -0.185. The summed E-state index contributed by atoms with van der Waals surface area (Å²) in [5.41, 5.74) is 0. The van der Waals surface area contributed by atoms with Gasteiger partial charge in [-0.1, -0.05) is 6.42 Å². The maximum absolute atomic E-state index is 12.6. The first-order chi connectivity index (χ1) is 8.47. The molecule has 1 amide bonds. The van der Waals surface area contributed by atoms with Crippen LogP contribution in [0.25, 0.3) is 0 Å². The Morgan fingerprint density at radius 1 is 1.44 bits per heavy atom. The van der Waals surface area contributed by atoms with Gasteiger partial charge in [-0.3, -0.25) is 9.89 Å². The molecule has 0 radical (unpaired) electrons. The Bertz CT molecular complexity index is 402. The van der Waals surface area contributed by atoms with Gasteiger partial charge in [0.25, 0.3) is 0 Å². The number of nitrogens with zero attached hydrogens (tertiary/aromatic N) is 1. The topological polar surface area (TPSA) is 57.8 Å². The van der Waals surface area contributed by atoms with Crippen molar-refractivity contribution in [1.82, 2.24) is 10.2 Å². The molecule has 1 aromatic heterocycles. The van der Waals surface area contributed by atoms with Crippen molar-refractivity contribution in [3.63, 3.8) is 0 Å². The molecule has 4 nitrogen and oxygen atoms in total. The van der Waals surface area contributed by atoms with Crippen LogP contribution in [-0.2, 0) is 4.79 Å². The van der Waals surface area contributed by atoms with Crippen LogP contribution in [0.1, 0.15) is 25.7 Å². The highest BCUT2D eigenvalue weighted by Crippen LogP contribution is 2.40. The number of halogens is 3. The van der Waals surface area contributed by atoms with Crippen LogP contribution in [0.2, 0.25) is 0 Å². The standard InChI is InChI=1S/C11H14F3N3O/c12-11(13,14)8-3-1-2-7(6-8)10(18)16-9-4-5-15-17-9/h4-5,7-8H,1-3,6H2,(H2,15,16,17,18). The van der Waals surface area contributed by atoms with E-state index in [2.05, 4.69) is 15.5 Å². The van der Waals surface area contributed by atoms with E-state index in [1.807, 2.05) is 0 Å². The minimum absolute atomic E-state index is 0.122. The smallest absolute Gasteiger partial charge is 0.311 e. The molecule has 0 saturated heterocycles. The third-order valence-electron chi connectivity index (χ3n) is 3.27. The molecule has 2 rings (SSSR count). The highest BCUT2D eigenvalue weighted by molar-refractivity contribution is 5.91. The molecule has 1 aliphatic rings. The molecule has 1 heterocycles. The zero-order valence-corrected chi connectivity index (χ0v) is 9.63. The Morgan fingerprint density at radius 2 is 2.22 bits per heavy atom. The maximum atomic E-state index is 12.6. The predicted octanol–water partition coefficient (Wildman–Crippen LogP) is 2.72. The van der Waals surface area contributed by atoms with E-state index in [0.29, 0.717) is 18.7 Å². The molecule has 0 spiro atoms. The summed E-state index contributed by atoms with van der Waals surface area (Å²) in [7, 11) is 0. The van der Waals surface area contributed by atoms with E-state index in [1.165, 1.54) is 6.20 Å². The number of hydrogen-bond acceptors (Lipinski definition) is 2. The summed E-state index contributed by atoms with van der Waals surface area (Å²) in [5, 5.41) is 8.74. The zero-order valence-electron chi connectivity index (χ0n) is 9.63. The van der Waals surface area contributed by atoms with Crippen LogP contribution in [0.3, 0.4) is 0 Å². The fourth-order valence-electron chi connectivity index (χ4n) is 2.29. The Hall–Kier alpha value is -1.53. The molecule has 100 valence electrons. The number of alkyl halides is 3. The molecule has 1 aromatic rings. The second-order valence-corrected chi connectivity index (χ2v) is 4.56. The number of H-pyrrole nitrogens is 1. The van der Waals surface area contributed by atoms with Crippen LogP contribution in [0.4, 0.5) is 19.0 Å². The van der Waals surface area contributed by atoms with Crippen LogP contribution in [0.5, 0.6) is 0 Å². The van der Waals surface area contributed by atoms with Gasteiger partial charge in [0.05, 0.1) is 12.1 Å². The van der Waals surface area contributed by atoms with Gasteiger partial charge in [0.1, 0.15) is 5.82 Å². The summed E-state index contributed by atoms with van der Waals surface area (Å²) in [6.07, 6.45) is -1.79. The van der Waals surface area contributed by atoms with Gasteiger partial charge in [-0.2, -0.15) is 18.3 Å². The molecule has 18 heavy (non-hydrogen) atoms. The number of amides is 1. The second kappa shape index (κ2) is 4.99. The third-order valence-corrected chi connectivity index (χ3v) is 3.27. The number of aromatic nitrogens is 2. The van der Waals surface area contributed by atoms with Crippen LogP contribution < -0.4 is 5.32 Å². The summed E-state index contributed by atoms with van der Waals surface area (Å²) in [6.45, 7) is 0. The van der Waals surface area contributed by atoms with Gasteiger partial charge in [0.15, 0.2) is 0 Å². The number of rotatable bonds is 2. The van der Waals surface area contributed by atoms with Crippen LogP contribution in [-0.4, -0.2) is 22.3 Å². The van der Waals surface area contributed by atoms with E-state index in [1.54, 1.807) is 6.07 Å². The molecule has 1 saturated carbocycles. The Balaban J connectivity index is 1.94. The predicted molar refractivity (Wildman–Crippen MR) is 58.7 cm³/mol. The van der Waals surface area contributed by atoms with Crippen molar-refractivity contribution >= 4 is 11.7 Å². The van der Waals surface area contributed by atoms with Crippen molar-refractivity contribution < 1.29 is 18.0 Å².